The van der Waals surface area contributed by atoms with Gasteiger partial charge >= 0.3 is 0 Å². The predicted molar refractivity (Wildman–Crippen MR) is 94.7 cm³/mol. The molecule has 0 radical (unpaired) electrons. The normalized spacial score (nSPS) is 15.4. The smallest absolute Gasteiger partial charge is 0.276 e. The first-order valence-corrected chi connectivity index (χ1v) is 8.73. The number of piperidine rings is 1. The number of aromatic nitrogens is 4. The van der Waals surface area contributed by atoms with Gasteiger partial charge < -0.3 is 9.47 Å². The Kier molecular flexibility index (Phi) is 4.28. The van der Waals surface area contributed by atoms with Crippen LogP contribution in [0.25, 0.3) is 5.69 Å². The van der Waals surface area contributed by atoms with Gasteiger partial charge in [0.1, 0.15) is 5.82 Å². The van der Waals surface area contributed by atoms with Crippen LogP contribution in [0.3, 0.4) is 0 Å². The number of halogens is 1. The third-order valence-electron chi connectivity index (χ3n) is 4.97. The lowest BCUT2D eigenvalue weighted by Gasteiger charge is -2.32. The molecule has 3 heterocycles. The zero-order valence-corrected chi connectivity index (χ0v) is 14.5. The Morgan fingerprint density at radius 3 is 2.42 bits per heavy atom. The van der Waals surface area contributed by atoms with Crippen molar-refractivity contribution in [2.24, 2.45) is 0 Å². The van der Waals surface area contributed by atoms with Crippen molar-refractivity contribution in [1.82, 2.24) is 24.5 Å². The van der Waals surface area contributed by atoms with Gasteiger partial charge in [0.25, 0.3) is 5.91 Å². The summed E-state index contributed by atoms with van der Waals surface area (Å²) in [5.74, 6) is -0.407. The molecule has 3 aromatic rings. The molecule has 0 bridgehead atoms. The highest BCUT2D eigenvalue weighted by molar-refractivity contribution is 5.93. The van der Waals surface area contributed by atoms with Gasteiger partial charge in [0.15, 0.2) is 5.69 Å². The average molecular weight is 353 g/mol. The quantitative estimate of drug-likeness (QED) is 0.727. The van der Waals surface area contributed by atoms with Crippen LogP contribution in [-0.2, 0) is 0 Å². The second-order valence-corrected chi connectivity index (χ2v) is 6.57. The van der Waals surface area contributed by atoms with Crippen LogP contribution >= 0.6 is 0 Å². The van der Waals surface area contributed by atoms with Gasteiger partial charge in [-0.05, 0) is 56.2 Å². The largest absolute Gasteiger partial charge is 0.351 e. The van der Waals surface area contributed by atoms with E-state index in [0.717, 1.165) is 12.8 Å². The summed E-state index contributed by atoms with van der Waals surface area (Å²) in [7, 11) is 0. The number of hydrogen-bond donors (Lipinski definition) is 0. The van der Waals surface area contributed by atoms with Crippen LogP contribution in [0.4, 0.5) is 4.39 Å². The Labute approximate surface area is 150 Å². The zero-order chi connectivity index (χ0) is 18.1. The second-order valence-electron chi connectivity index (χ2n) is 6.57. The summed E-state index contributed by atoms with van der Waals surface area (Å²) in [4.78, 5) is 14.7. The van der Waals surface area contributed by atoms with Crippen LogP contribution in [0.1, 0.15) is 35.1 Å². The maximum Gasteiger partial charge on any atom is 0.276 e. The maximum absolute atomic E-state index is 13.1. The average Bonchev–Trinajstić information content (AvgIpc) is 3.32. The van der Waals surface area contributed by atoms with Gasteiger partial charge in [-0.1, -0.05) is 5.21 Å². The number of benzene rings is 1. The van der Waals surface area contributed by atoms with E-state index < -0.39 is 0 Å². The SMILES string of the molecule is Cc1c(C(=O)N2CCC(n3cccc3)CC2)nnn1-c1ccc(F)cc1. The number of hydrogen-bond acceptors (Lipinski definition) is 3. The minimum atomic E-state index is -0.312. The molecule has 0 atom stereocenters. The van der Waals surface area contributed by atoms with Gasteiger partial charge in [0, 0.05) is 31.5 Å². The van der Waals surface area contributed by atoms with Crippen LogP contribution < -0.4 is 0 Å². The molecule has 0 saturated carbocycles. The fraction of sp³-hybridized carbons (Fsp3) is 0.316. The number of likely N-dealkylation sites (tertiary alicyclic amines) is 1. The molecule has 0 spiro atoms. The van der Waals surface area contributed by atoms with E-state index in [4.69, 9.17) is 0 Å². The molecule has 1 fully saturated rings. The molecule has 1 aliphatic heterocycles. The van der Waals surface area contributed by atoms with Crippen LogP contribution in [0.15, 0.2) is 48.8 Å². The summed E-state index contributed by atoms with van der Waals surface area (Å²) >= 11 is 0. The van der Waals surface area contributed by atoms with E-state index in [1.807, 2.05) is 24.0 Å². The Balaban J connectivity index is 1.48. The number of nitrogens with zero attached hydrogens (tertiary/aromatic N) is 5. The molecular weight excluding hydrogens is 333 g/mol. The highest BCUT2D eigenvalue weighted by atomic mass is 19.1. The number of carbonyl (C=O) groups is 1. The topological polar surface area (TPSA) is 56.0 Å². The van der Waals surface area contributed by atoms with E-state index in [0.29, 0.717) is 36.2 Å². The van der Waals surface area contributed by atoms with Crippen molar-refractivity contribution in [3.63, 3.8) is 0 Å². The van der Waals surface area contributed by atoms with Gasteiger partial charge in [-0.15, -0.1) is 5.10 Å². The zero-order valence-electron chi connectivity index (χ0n) is 14.5. The molecule has 0 N–H and O–H groups in total. The fourth-order valence-electron chi connectivity index (χ4n) is 3.46. The van der Waals surface area contributed by atoms with Crippen molar-refractivity contribution in [1.29, 1.82) is 0 Å². The standard InChI is InChI=1S/C19H20FN5O/c1-14-18(21-22-25(14)17-6-4-15(20)5-7-17)19(26)24-12-8-16(9-13-24)23-10-2-3-11-23/h2-7,10-11,16H,8-9,12-13H2,1H3. The molecule has 6 nitrogen and oxygen atoms in total. The number of carbonyl (C=O) groups excluding carboxylic acids is 1. The second kappa shape index (κ2) is 6.74. The minimum Gasteiger partial charge on any atom is -0.351 e. The first-order valence-electron chi connectivity index (χ1n) is 8.73. The molecule has 26 heavy (non-hydrogen) atoms. The number of rotatable bonds is 3. The van der Waals surface area contributed by atoms with E-state index in [1.165, 1.54) is 12.1 Å². The Morgan fingerprint density at radius 1 is 1.12 bits per heavy atom. The Bertz CT molecular complexity index is 893. The van der Waals surface area contributed by atoms with E-state index >= 15 is 0 Å². The molecule has 2 aromatic heterocycles. The highest BCUT2D eigenvalue weighted by Gasteiger charge is 2.27. The van der Waals surface area contributed by atoms with Crippen molar-refractivity contribution in [2.75, 3.05) is 13.1 Å². The van der Waals surface area contributed by atoms with Crippen molar-refractivity contribution in [2.45, 2.75) is 25.8 Å². The summed E-state index contributed by atoms with van der Waals surface area (Å²) in [6.07, 6.45) is 5.98. The molecule has 7 heteroatoms. The maximum atomic E-state index is 13.1. The van der Waals surface area contributed by atoms with Crippen LogP contribution in [0, 0.1) is 12.7 Å². The molecule has 1 aliphatic rings. The van der Waals surface area contributed by atoms with E-state index in [1.54, 1.807) is 16.8 Å². The third kappa shape index (κ3) is 3.00. The Hall–Kier alpha value is -2.96. The van der Waals surface area contributed by atoms with Crippen LogP contribution in [-0.4, -0.2) is 43.5 Å². The van der Waals surface area contributed by atoms with Gasteiger partial charge in [0.05, 0.1) is 11.4 Å². The van der Waals surface area contributed by atoms with Crippen molar-refractivity contribution in [3.05, 3.63) is 66.0 Å². The fourth-order valence-corrected chi connectivity index (χ4v) is 3.46. The van der Waals surface area contributed by atoms with E-state index in [-0.39, 0.29) is 11.7 Å². The van der Waals surface area contributed by atoms with Gasteiger partial charge in [-0.25, -0.2) is 9.07 Å². The minimum absolute atomic E-state index is 0.0955. The highest BCUT2D eigenvalue weighted by Crippen LogP contribution is 2.24. The molecule has 1 saturated heterocycles. The predicted octanol–water partition coefficient (Wildman–Crippen LogP) is 2.99. The van der Waals surface area contributed by atoms with Crippen LogP contribution in [0.5, 0.6) is 0 Å². The van der Waals surface area contributed by atoms with E-state index in [2.05, 4.69) is 27.3 Å². The summed E-state index contributed by atoms with van der Waals surface area (Å²) < 4.78 is 16.9. The molecule has 134 valence electrons. The van der Waals surface area contributed by atoms with Gasteiger partial charge in [-0.2, -0.15) is 0 Å². The summed E-state index contributed by atoms with van der Waals surface area (Å²) in [6, 6.07) is 10.4. The molecule has 0 aliphatic carbocycles. The van der Waals surface area contributed by atoms with Gasteiger partial charge in [-0.3, -0.25) is 4.79 Å². The number of amides is 1. The molecule has 0 unspecified atom stereocenters. The van der Waals surface area contributed by atoms with Crippen molar-refractivity contribution in [3.8, 4) is 5.69 Å². The van der Waals surface area contributed by atoms with Crippen LogP contribution in [0.2, 0.25) is 0 Å². The first kappa shape index (κ1) is 16.5. The van der Waals surface area contributed by atoms with Crippen molar-refractivity contribution >= 4 is 5.91 Å². The first-order chi connectivity index (χ1) is 12.6. The summed E-state index contributed by atoms with van der Waals surface area (Å²) in [5, 5.41) is 8.16. The molecule has 4 rings (SSSR count). The van der Waals surface area contributed by atoms with E-state index in [9.17, 15) is 9.18 Å². The van der Waals surface area contributed by atoms with Gasteiger partial charge in [0.2, 0.25) is 0 Å². The van der Waals surface area contributed by atoms with Crippen molar-refractivity contribution < 1.29 is 9.18 Å². The lowest BCUT2D eigenvalue weighted by molar-refractivity contribution is 0.0688. The lowest BCUT2D eigenvalue weighted by Crippen LogP contribution is -2.39. The summed E-state index contributed by atoms with van der Waals surface area (Å²) in [6.45, 7) is 3.21. The molecule has 1 amide bonds. The molecular formula is C19H20FN5O. The lowest BCUT2D eigenvalue weighted by atomic mass is 10.0. The molecule has 1 aromatic carbocycles. The monoisotopic (exact) mass is 353 g/mol. The Morgan fingerprint density at radius 2 is 1.77 bits per heavy atom. The third-order valence-corrected chi connectivity index (χ3v) is 4.97. The summed E-state index contributed by atoms with van der Waals surface area (Å²) in [5.41, 5.74) is 1.70.